The normalized spacial score (nSPS) is 10.7. The lowest BCUT2D eigenvalue weighted by Crippen LogP contribution is -1.95. The van der Waals surface area contributed by atoms with E-state index in [1.807, 2.05) is 35.7 Å². The zero-order chi connectivity index (χ0) is 12.5. The number of hydrogen-bond donors (Lipinski definition) is 0. The zero-order valence-corrected chi connectivity index (χ0v) is 10.6. The van der Waals surface area contributed by atoms with Crippen molar-refractivity contribution < 1.29 is 0 Å². The summed E-state index contributed by atoms with van der Waals surface area (Å²) >= 11 is 1.60. The first-order chi connectivity index (χ1) is 8.76. The molecule has 18 heavy (non-hydrogen) atoms. The first-order valence-electron chi connectivity index (χ1n) is 5.55. The Morgan fingerprint density at radius 1 is 1.33 bits per heavy atom. The Bertz CT molecular complexity index is 731. The van der Waals surface area contributed by atoms with Crippen LogP contribution in [0.5, 0.6) is 0 Å². The Hall–Kier alpha value is -2.19. The summed E-state index contributed by atoms with van der Waals surface area (Å²) < 4.78 is 1.89. The van der Waals surface area contributed by atoms with E-state index in [1.54, 1.807) is 11.3 Å². The molecular formula is C13H10N4S. The minimum Gasteiger partial charge on any atom is -0.207 e. The van der Waals surface area contributed by atoms with E-state index in [4.69, 9.17) is 5.26 Å². The molecule has 5 heteroatoms. The van der Waals surface area contributed by atoms with Crippen molar-refractivity contribution in [1.29, 1.82) is 5.26 Å². The number of rotatable bonds is 2. The van der Waals surface area contributed by atoms with Crippen molar-refractivity contribution in [3.63, 3.8) is 0 Å². The second kappa shape index (κ2) is 4.24. The standard InChI is InChI=1S/C13H10N4S/c1-9-15-13-17(16-9)12(8-18-13)6-10-2-4-11(7-14)5-3-10/h2-5,8H,6H2,1H3. The van der Waals surface area contributed by atoms with E-state index in [-0.39, 0.29) is 0 Å². The van der Waals surface area contributed by atoms with Crippen LogP contribution in [0.1, 0.15) is 22.6 Å². The molecule has 0 atom stereocenters. The smallest absolute Gasteiger partial charge is 0.207 e. The molecule has 0 spiro atoms. The molecule has 0 aliphatic heterocycles. The lowest BCUT2D eigenvalue weighted by Gasteiger charge is -1.99. The Labute approximate surface area is 108 Å². The summed E-state index contributed by atoms with van der Waals surface area (Å²) in [4.78, 5) is 5.26. The molecule has 0 radical (unpaired) electrons. The predicted molar refractivity (Wildman–Crippen MR) is 69.6 cm³/mol. The first-order valence-corrected chi connectivity index (χ1v) is 6.43. The quantitative estimate of drug-likeness (QED) is 0.706. The van der Waals surface area contributed by atoms with E-state index in [1.165, 1.54) is 5.56 Å². The highest BCUT2D eigenvalue weighted by molar-refractivity contribution is 7.15. The molecule has 0 fully saturated rings. The molecule has 0 saturated heterocycles. The molecular weight excluding hydrogens is 244 g/mol. The van der Waals surface area contributed by atoms with Crippen LogP contribution in [0.25, 0.3) is 4.96 Å². The summed E-state index contributed by atoms with van der Waals surface area (Å²) in [6, 6.07) is 9.75. The minimum atomic E-state index is 0.686. The van der Waals surface area contributed by atoms with Gasteiger partial charge in [0, 0.05) is 11.8 Å². The van der Waals surface area contributed by atoms with Gasteiger partial charge in [-0.2, -0.15) is 10.4 Å². The molecule has 4 nitrogen and oxygen atoms in total. The maximum absolute atomic E-state index is 8.76. The van der Waals surface area contributed by atoms with Crippen molar-refractivity contribution >= 4 is 16.3 Å². The van der Waals surface area contributed by atoms with Gasteiger partial charge in [0.05, 0.1) is 17.3 Å². The second-order valence-corrected chi connectivity index (χ2v) is 4.90. The lowest BCUT2D eigenvalue weighted by molar-refractivity contribution is 0.876. The van der Waals surface area contributed by atoms with Gasteiger partial charge in [-0.25, -0.2) is 9.50 Å². The van der Waals surface area contributed by atoms with Gasteiger partial charge in [-0.15, -0.1) is 11.3 Å². The Morgan fingerprint density at radius 2 is 2.11 bits per heavy atom. The fourth-order valence-corrected chi connectivity index (χ4v) is 2.72. The van der Waals surface area contributed by atoms with Crippen LogP contribution in [0.3, 0.4) is 0 Å². The molecule has 0 amide bonds. The monoisotopic (exact) mass is 254 g/mol. The molecule has 88 valence electrons. The zero-order valence-electron chi connectivity index (χ0n) is 9.79. The third-order valence-electron chi connectivity index (χ3n) is 2.72. The van der Waals surface area contributed by atoms with Gasteiger partial charge in [-0.05, 0) is 24.6 Å². The number of aryl methyl sites for hydroxylation is 1. The second-order valence-electron chi connectivity index (χ2n) is 4.07. The summed E-state index contributed by atoms with van der Waals surface area (Å²) in [5, 5.41) is 15.2. The van der Waals surface area contributed by atoms with Gasteiger partial charge < -0.3 is 0 Å². The van der Waals surface area contributed by atoms with Crippen LogP contribution in [0.4, 0.5) is 0 Å². The third-order valence-corrected chi connectivity index (χ3v) is 3.59. The van der Waals surface area contributed by atoms with Gasteiger partial charge in [0.2, 0.25) is 4.96 Å². The fraction of sp³-hybridized carbons (Fsp3) is 0.154. The number of thiazole rings is 1. The SMILES string of the molecule is Cc1nc2scc(Cc3ccc(C#N)cc3)n2n1. The van der Waals surface area contributed by atoms with E-state index < -0.39 is 0 Å². The molecule has 3 aromatic rings. The number of fused-ring (bicyclic) bond motifs is 1. The topological polar surface area (TPSA) is 54.0 Å². The van der Waals surface area contributed by atoms with Crippen LogP contribution < -0.4 is 0 Å². The van der Waals surface area contributed by atoms with Crippen molar-refractivity contribution in [2.24, 2.45) is 0 Å². The molecule has 0 bridgehead atoms. The Balaban J connectivity index is 1.93. The van der Waals surface area contributed by atoms with E-state index >= 15 is 0 Å². The highest BCUT2D eigenvalue weighted by Crippen LogP contribution is 2.17. The van der Waals surface area contributed by atoms with Gasteiger partial charge in [-0.3, -0.25) is 0 Å². The van der Waals surface area contributed by atoms with E-state index in [0.717, 1.165) is 22.9 Å². The maximum atomic E-state index is 8.76. The Kier molecular flexibility index (Phi) is 2.58. The van der Waals surface area contributed by atoms with Crippen molar-refractivity contribution in [3.05, 3.63) is 52.3 Å². The molecule has 0 aliphatic rings. The molecule has 2 aromatic heterocycles. The largest absolute Gasteiger partial charge is 0.212 e. The maximum Gasteiger partial charge on any atom is 0.212 e. The van der Waals surface area contributed by atoms with Gasteiger partial charge in [0.15, 0.2) is 0 Å². The van der Waals surface area contributed by atoms with E-state index in [9.17, 15) is 0 Å². The summed E-state index contributed by atoms with van der Waals surface area (Å²) in [5.41, 5.74) is 2.98. The van der Waals surface area contributed by atoms with E-state index in [0.29, 0.717) is 5.56 Å². The molecule has 2 heterocycles. The molecule has 0 unspecified atom stereocenters. The van der Waals surface area contributed by atoms with E-state index in [2.05, 4.69) is 21.5 Å². The predicted octanol–water partition coefficient (Wildman–Crippen LogP) is 2.56. The lowest BCUT2D eigenvalue weighted by atomic mass is 10.1. The third kappa shape index (κ3) is 1.87. The van der Waals surface area contributed by atoms with Gasteiger partial charge in [0.1, 0.15) is 5.82 Å². The van der Waals surface area contributed by atoms with Crippen LogP contribution >= 0.6 is 11.3 Å². The molecule has 1 aromatic carbocycles. The van der Waals surface area contributed by atoms with Crippen molar-refractivity contribution in [2.75, 3.05) is 0 Å². The number of hydrogen-bond acceptors (Lipinski definition) is 4. The molecule has 0 saturated carbocycles. The summed E-state index contributed by atoms with van der Waals surface area (Å²) in [5.74, 6) is 0.794. The van der Waals surface area contributed by atoms with Gasteiger partial charge in [-0.1, -0.05) is 12.1 Å². The summed E-state index contributed by atoms with van der Waals surface area (Å²) in [6.07, 6.45) is 0.800. The highest BCUT2D eigenvalue weighted by atomic mass is 32.1. The fourth-order valence-electron chi connectivity index (χ4n) is 1.85. The van der Waals surface area contributed by atoms with Crippen LogP contribution in [0.15, 0.2) is 29.6 Å². The summed E-state index contributed by atoms with van der Waals surface area (Å²) in [7, 11) is 0. The van der Waals surface area contributed by atoms with Crippen LogP contribution in [0.2, 0.25) is 0 Å². The highest BCUT2D eigenvalue weighted by Gasteiger charge is 2.08. The molecule has 0 N–H and O–H groups in total. The minimum absolute atomic E-state index is 0.686. The number of benzene rings is 1. The average molecular weight is 254 g/mol. The molecule has 0 aliphatic carbocycles. The van der Waals surface area contributed by atoms with Crippen LogP contribution in [-0.4, -0.2) is 14.6 Å². The summed E-state index contributed by atoms with van der Waals surface area (Å²) in [6.45, 7) is 1.89. The van der Waals surface area contributed by atoms with Crippen LogP contribution in [0, 0.1) is 18.3 Å². The Morgan fingerprint density at radius 3 is 2.83 bits per heavy atom. The molecule has 3 rings (SSSR count). The first kappa shape index (κ1) is 10.9. The van der Waals surface area contributed by atoms with Crippen LogP contribution in [-0.2, 0) is 6.42 Å². The van der Waals surface area contributed by atoms with Gasteiger partial charge >= 0.3 is 0 Å². The van der Waals surface area contributed by atoms with Crippen molar-refractivity contribution in [2.45, 2.75) is 13.3 Å². The number of nitrogens with zero attached hydrogens (tertiary/aromatic N) is 4. The number of aromatic nitrogens is 3. The van der Waals surface area contributed by atoms with Crippen molar-refractivity contribution in [3.8, 4) is 6.07 Å². The number of nitriles is 1. The van der Waals surface area contributed by atoms with Gasteiger partial charge in [0.25, 0.3) is 0 Å². The average Bonchev–Trinajstić information content (AvgIpc) is 2.91. The van der Waals surface area contributed by atoms with Crippen molar-refractivity contribution in [1.82, 2.24) is 14.6 Å².